The van der Waals surface area contributed by atoms with Crippen LogP contribution < -0.4 is 0 Å². The summed E-state index contributed by atoms with van der Waals surface area (Å²) >= 11 is 0. The van der Waals surface area contributed by atoms with Gasteiger partial charge in [0, 0.05) is 5.92 Å². The van der Waals surface area contributed by atoms with E-state index in [1.807, 2.05) is 59.9 Å². The molecule has 3 heteroatoms. The number of likely N-dealkylation sites (N-methyl/N-ethyl adjacent to an activating group) is 1. The minimum Gasteiger partial charge on any atom is -0.349 e. The second-order valence-electron chi connectivity index (χ2n) is 4.83. The van der Waals surface area contributed by atoms with Crippen LogP contribution >= 0.6 is 0 Å². The SMILES string of the molecule is C[CH-]C.[CH2-]C([CH2-])(C(=O)C(C)C)N(C)C(C)C.[Y+3]. The van der Waals surface area contributed by atoms with Gasteiger partial charge in [-0.15, -0.1) is 0 Å². The van der Waals surface area contributed by atoms with Crippen molar-refractivity contribution in [3.8, 4) is 0 Å². The van der Waals surface area contributed by atoms with Crippen molar-refractivity contribution in [1.29, 1.82) is 0 Å². The number of carbonyl (C=O) groups excluding carboxylic acids is 1. The van der Waals surface area contributed by atoms with E-state index in [0.717, 1.165) is 0 Å². The van der Waals surface area contributed by atoms with Gasteiger partial charge in [-0.25, -0.2) is 0 Å². The van der Waals surface area contributed by atoms with Crippen LogP contribution in [0.3, 0.4) is 0 Å². The molecule has 0 aromatic heterocycles. The molecule has 0 radical (unpaired) electrons. The summed E-state index contributed by atoms with van der Waals surface area (Å²) in [5.74, 6) is 0.0694. The predicted molar refractivity (Wildman–Crippen MR) is 71.8 cm³/mol. The maximum absolute atomic E-state index is 11.7. The first-order chi connectivity index (χ1) is 7.12. The Kier molecular flexibility index (Phi) is 14.3. The van der Waals surface area contributed by atoms with Crippen LogP contribution in [-0.2, 0) is 37.5 Å². The third-order valence-corrected chi connectivity index (χ3v) is 2.43. The molecule has 0 aliphatic carbocycles. The molecule has 0 atom stereocenters. The summed E-state index contributed by atoms with van der Waals surface area (Å²) in [6.07, 6.45) is 2.00. The fourth-order valence-electron chi connectivity index (χ4n) is 1.21. The molecule has 0 unspecified atom stereocenters. The molecular formula is C14H28NOY. The minimum atomic E-state index is -0.845. The van der Waals surface area contributed by atoms with Crippen LogP contribution in [0, 0.1) is 26.2 Å². The van der Waals surface area contributed by atoms with Crippen molar-refractivity contribution in [2.24, 2.45) is 5.92 Å². The molecule has 2 nitrogen and oxygen atoms in total. The molecule has 0 saturated carbocycles. The maximum atomic E-state index is 11.7. The molecule has 17 heavy (non-hydrogen) atoms. The number of ketones is 1. The standard InChI is InChI=1S/C11H21NO.C3H7.Y/c1-8(2)10(13)11(5,6)12(7)9(3)4;1-3-2;/h8-9H,5-6H2,1-4,7H3;3H,1-2H3;/q-2;-1;+3. The summed E-state index contributed by atoms with van der Waals surface area (Å²) in [6, 6.07) is 0.276. The van der Waals surface area contributed by atoms with E-state index >= 15 is 0 Å². The number of hydrogen-bond acceptors (Lipinski definition) is 2. The molecule has 0 fully saturated rings. The Labute approximate surface area is 134 Å². The van der Waals surface area contributed by atoms with E-state index in [-0.39, 0.29) is 50.5 Å². The molecule has 0 aliphatic heterocycles. The minimum absolute atomic E-state index is 0. The average molecular weight is 315 g/mol. The molecule has 0 rings (SSSR count). The van der Waals surface area contributed by atoms with Crippen molar-refractivity contribution in [3.05, 3.63) is 20.3 Å². The third-order valence-electron chi connectivity index (χ3n) is 2.43. The molecule has 0 aromatic rings. The number of hydrogen-bond donors (Lipinski definition) is 0. The third kappa shape index (κ3) is 8.45. The van der Waals surface area contributed by atoms with Crippen molar-refractivity contribution in [2.45, 2.75) is 53.1 Å². The molecule has 0 aliphatic rings. The zero-order chi connectivity index (χ0) is 13.5. The van der Waals surface area contributed by atoms with E-state index in [2.05, 4.69) is 13.8 Å². The van der Waals surface area contributed by atoms with Crippen molar-refractivity contribution in [3.63, 3.8) is 0 Å². The van der Waals surface area contributed by atoms with E-state index < -0.39 is 5.54 Å². The van der Waals surface area contributed by atoms with Crippen molar-refractivity contribution >= 4 is 5.78 Å². The van der Waals surface area contributed by atoms with Gasteiger partial charge < -0.3 is 30.0 Å². The van der Waals surface area contributed by atoms with Crippen molar-refractivity contribution in [1.82, 2.24) is 4.90 Å². The molecule has 0 N–H and O–H groups in total. The van der Waals surface area contributed by atoms with Crippen LogP contribution in [0.4, 0.5) is 0 Å². The Balaban J connectivity index is -0.000000440. The summed E-state index contributed by atoms with van der Waals surface area (Å²) < 4.78 is 0. The summed E-state index contributed by atoms with van der Waals surface area (Å²) in [4.78, 5) is 13.6. The Morgan fingerprint density at radius 3 is 1.65 bits per heavy atom. The normalized spacial score (nSPS) is 11.1. The number of carbonyl (C=O) groups is 1. The first-order valence-corrected chi connectivity index (χ1v) is 5.84. The quantitative estimate of drug-likeness (QED) is 0.743. The second-order valence-corrected chi connectivity index (χ2v) is 4.83. The summed E-state index contributed by atoms with van der Waals surface area (Å²) in [7, 11) is 1.88. The number of rotatable bonds is 4. The van der Waals surface area contributed by atoms with Gasteiger partial charge in [0.15, 0.2) is 0 Å². The van der Waals surface area contributed by atoms with Crippen molar-refractivity contribution in [2.75, 3.05) is 7.05 Å². The van der Waals surface area contributed by atoms with Crippen LogP contribution in [0.25, 0.3) is 0 Å². The van der Waals surface area contributed by atoms with Gasteiger partial charge in [-0.3, -0.25) is 0 Å². The molecular weight excluding hydrogens is 287 g/mol. The fourth-order valence-corrected chi connectivity index (χ4v) is 1.21. The van der Waals surface area contributed by atoms with Gasteiger partial charge in [-0.1, -0.05) is 13.8 Å². The van der Waals surface area contributed by atoms with E-state index in [4.69, 9.17) is 0 Å². The first-order valence-electron chi connectivity index (χ1n) is 5.84. The molecule has 0 saturated heterocycles. The largest absolute Gasteiger partial charge is 3.00 e. The van der Waals surface area contributed by atoms with E-state index in [9.17, 15) is 4.79 Å². The van der Waals surface area contributed by atoms with Gasteiger partial charge in [-0.2, -0.15) is 19.4 Å². The summed E-state index contributed by atoms with van der Waals surface area (Å²) in [6.45, 7) is 19.6. The Bertz CT molecular complexity index is 200. The van der Waals surface area contributed by atoms with Gasteiger partial charge in [-0.05, 0) is 26.9 Å². The molecule has 0 bridgehead atoms. The molecule has 0 heterocycles. The Hall–Kier alpha value is 0.734. The van der Waals surface area contributed by atoms with Gasteiger partial charge in [0.2, 0.25) is 0 Å². The fraction of sp³-hybridized carbons (Fsp3) is 0.714. The maximum Gasteiger partial charge on any atom is 3.00 e. The van der Waals surface area contributed by atoms with Crippen LogP contribution in [0.1, 0.15) is 41.5 Å². The van der Waals surface area contributed by atoms with Gasteiger partial charge >= 0.3 is 32.7 Å². The van der Waals surface area contributed by atoms with Gasteiger partial charge in [0.25, 0.3) is 0 Å². The predicted octanol–water partition coefficient (Wildman–Crippen LogP) is 3.19. The smallest absolute Gasteiger partial charge is 0.349 e. The van der Waals surface area contributed by atoms with Crippen LogP contribution in [0.15, 0.2) is 0 Å². The average Bonchev–Trinajstić information content (AvgIpc) is 2.16. The summed E-state index contributed by atoms with van der Waals surface area (Å²) in [5.41, 5.74) is -0.845. The second kappa shape index (κ2) is 10.6. The molecule has 0 amide bonds. The molecule has 0 aromatic carbocycles. The topological polar surface area (TPSA) is 20.3 Å². The monoisotopic (exact) mass is 315 g/mol. The Morgan fingerprint density at radius 2 is 1.47 bits per heavy atom. The van der Waals surface area contributed by atoms with Crippen molar-refractivity contribution < 1.29 is 37.5 Å². The molecule has 0 spiro atoms. The summed E-state index contributed by atoms with van der Waals surface area (Å²) in [5, 5.41) is 0. The van der Waals surface area contributed by atoms with E-state index in [0.29, 0.717) is 0 Å². The van der Waals surface area contributed by atoms with Crippen LogP contribution in [0.2, 0.25) is 0 Å². The molecule has 98 valence electrons. The number of Topliss-reactive ketones (excluding diaryl/α,β-unsaturated/α-hetero) is 1. The van der Waals surface area contributed by atoms with Crippen LogP contribution in [0.5, 0.6) is 0 Å². The zero-order valence-corrected chi connectivity index (χ0v) is 15.4. The van der Waals surface area contributed by atoms with Gasteiger partial charge in [0.05, 0.1) is 5.78 Å². The van der Waals surface area contributed by atoms with Gasteiger partial charge in [0.1, 0.15) is 0 Å². The Morgan fingerprint density at radius 1 is 1.18 bits per heavy atom. The van der Waals surface area contributed by atoms with Crippen LogP contribution in [-0.4, -0.2) is 29.3 Å². The van der Waals surface area contributed by atoms with E-state index in [1.54, 1.807) is 0 Å². The number of nitrogens with zero attached hydrogens (tertiary/aromatic N) is 1. The first kappa shape index (κ1) is 22.9. The van der Waals surface area contributed by atoms with E-state index in [1.165, 1.54) is 0 Å². The zero-order valence-electron chi connectivity index (χ0n) is 12.6.